The zero-order chi connectivity index (χ0) is 17.1. The van der Waals surface area contributed by atoms with Crippen LogP contribution in [0.5, 0.6) is 0 Å². The SMILES string of the molecule is [B]c1cnn(C(c2ccccc2)(c2ccccc2)c2ccccc2)c1. The Hall–Kier alpha value is -3.07. The summed E-state index contributed by atoms with van der Waals surface area (Å²) in [6.45, 7) is 0. The Balaban J connectivity index is 2.12. The van der Waals surface area contributed by atoms with Crippen molar-refractivity contribution in [3.8, 4) is 0 Å². The van der Waals surface area contributed by atoms with Crippen LogP contribution in [0.2, 0.25) is 0 Å². The molecule has 0 fully saturated rings. The van der Waals surface area contributed by atoms with E-state index < -0.39 is 5.54 Å². The second kappa shape index (κ2) is 6.44. The summed E-state index contributed by atoms with van der Waals surface area (Å²) >= 11 is 0. The Morgan fingerprint density at radius 1 is 0.640 bits per heavy atom. The van der Waals surface area contributed by atoms with E-state index in [-0.39, 0.29) is 0 Å². The maximum Gasteiger partial charge on any atom is 0.137 e. The highest BCUT2D eigenvalue weighted by atomic mass is 15.3. The number of nitrogens with zero attached hydrogens (tertiary/aromatic N) is 2. The molecule has 0 amide bonds. The van der Waals surface area contributed by atoms with Gasteiger partial charge in [-0.1, -0.05) is 96.5 Å². The van der Waals surface area contributed by atoms with Gasteiger partial charge >= 0.3 is 0 Å². The third kappa shape index (κ3) is 2.58. The summed E-state index contributed by atoms with van der Waals surface area (Å²) in [4.78, 5) is 0. The van der Waals surface area contributed by atoms with Crippen LogP contribution in [0.4, 0.5) is 0 Å². The molecule has 0 aliphatic carbocycles. The van der Waals surface area contributed by atoms with Crippen LogP contribution in [0.15, 0.2) is 103 Å². The Kier molecular flexibility index (Phi) is 3.98. The monoisotopic (exact) mass is 320 g/mol. The molecule has 0 aliphatic heterocycles. The summed E-state index contributed by atoms with van der Waals surface area (Å²) in [5.74, 6) is 0. The summed E-state index contributed by atoms with van der Waals surface area (Å²) in [7, 11) is 6.03. The summed E-state index contributed by atoms with van der Waals surface area (Å²) in [6, 6.07) is 31.3. The van der Waals surface area contributed by atoms with Crippen molar-refractivity contribution in [1.29, 1.82) is 0 Å². The van der Waals surface area contributed by atoms with E-state index in [1.165, 1.54) is 0 Å². The van der Waals surface area contributed by atoms with Crippen LogP contribution >= 0.6 is 0 Å². The number of hydrogen-bond acceptors (Lipinski definition) is 1. The van der Waals surface area contributed by atoms with Crippen molar-refractivity contribution in [1.82, 2.24) is 9.78 Å². The highest BCUT2D eigenvalue weighted by molar-refractivity contribution is 6.31. The van der Waals surface area contributed by atoms with Crippen LogP contribution in [0, 0.1) is 0 Å². The molecule has 1 heterocycles. The first-order valence-electron chi connectivity index (χ1n) is 8.29. The fraction of sp³-hybridized carbons (Fsp3) is 0.0455. The van der Waals surface area contributed by atoms with Crippen molar-refractivity contribution >= 4 is 13.3 Å². The molecule has 0 saturated heterocycles. The van der Waals surface area contributed by atoms with E-state index in [0.29, 0.717) is 5.46 Å². The zero-order valence-electron chi connectivity index (χ0n) is 13.8. The lowest BCUT2D eigenvalue weighted by Crippen LogP contribution is -2.38. The number of rotatable bonds is 4. The first kappa shape index (κ1) is 15.5. The largest absolute Gasteiger partial charge is 0.254 e. The Bertz CT molecular complexity index is 850. The number of hydrogen-bond donors (Lipinski definition) is 0. The van der Waals surface area contributed by atoms with E-state index in [2.05, 4.69) is 77.9 Å². The maximum absolute atomic E-state index is 6.03. The lowest BCUT2D eigenvalue weighted by molar-refractivity contribution is 0.460. The van der Waals surface area contributed by atoms with Gasteiger partial charge in [0.05, 0.1) is 0 Å². The van der Waals surface area contributed by atoms with Crippen LogP contribution in [0.1, 0.15) is 16.7 Å². The second-order valence-electron chi connectivity index (χ2n) is 6.03. The van der Waals surface area contributed by atoms with Gasteiger partial charge in [0.25, 0.3) is 0 Å². The molecule has 0 N–H and O–H groups in total. The van der Waals surface area contributed by atoms with Crippen LogP contribution in [0.3, 0.4) is 0 Å². The standard InChI is InChI=1S/C22H17BN2/c23-21-16-24-25(17-21)22(18-10-4-1-5-11-18,19-12-6-2-7-13-19)20-14-8-3-9-15-20/h1-17H. The molecule has 0 bridgehead atoms. The molecule has 3 heteroatoms. The highest BCUT2D eigenvalue weighted by Crippen LogP contribution is 2.39. The van der Waals surface area contributed by atoms with Crippen molar-refractivity contribution in [3.63, 3.8) is 0 Å². The van der Waals surface area contributed by atoms with Crippen LogP contribution in [-0.4, -0.2) is 17.6 Å². The van der Waals surface area contributed by atoms with Crippen LogP contribution < -0.4 is 5.46 Å². The summed E-state index contributed by atoms with van der Waals surface area (Å²) in [5, 5.41) is 4.61. The maximum atomic E-state index is 6.03. The highest BCUT2D eigenvalue weighted by Gasteiger charge is 2.38. The van der Waals surface area contributed by atoms with Gasteiger partial charge in [-0.15, -0.1) is 0 Å². The third-order valence-electron chi connectivity index (χ3n) is 4.52. The van der Waals surface area contributed by atoms with Gasteiger partial charge < -0.3 is 0 Å². The molecule has 25 heavy (non-hydrogen) atoms. The van der Waals surface area contributed by atoms with Gasteiger partial charge in [0.1, 0.15) is 13.4 Å². The predicted octanol–water partition coefficient (Wildman–Crippen LogP) is 3.52. The van der Waals surface area contributed by atoms with Crippen molar-refractivity contribution < 1.29 is 0 Å². The minimum atomic E-state index is -0.582. The molecule has 4 aromatic rings. The Morgan fingerprint density at radius 2 is 1.04 bits per heavy atom. The smallest absolute Gasteiger partial charge is 0.137 e. The molecular formula is C22H17BN2. The molecular weight excluding hydrogens is 303 g/mol. The van der Waals surface area contributed by atoms with E-state index in [4.69, 9.17) is 7.85 Å². The van der Waals surface area contributed by atoms with Crippen molar-refractivity contribution in [2.45, 2.75) is 5.54 Å². The van der Waals surface area contributed by atoms with Crippen molar-refractivity contribution in [2.75, 3.05) is 0 Å². The van der Waals surface area contributed by atoms with Crippen molar-refractivity contribution in [3.05, 3.63) is 120 Å². The Morgan fingerprint density at radius 3 is 1.36 bits per heavy atom. The topological polar surface area (TPSA) is 17.8 Å². The van der Waals surface area contributed by atoms with Gasteiger partial charge in [0, 0.05) is 12.4 Å². The van der Waals surface area contributed by atoms with Crippen molar-refractivity contribution in [2.24, 2.45) is 0 Å². The molecule has 118 valence electrons. The van der Waals surface area contributed by atoms with E-state index in [0.717, 1.165) is 16.7 Å². The quantitative estimate of drug-likeness (QED) is 0.416. The average Bonchev–Trinajstić information content (AvgIpc) is 3.12. The summed E-state index contributed by atoms with van der Waals surface area (Å²) < 4.78 is 1.96. The molecule has 4 rings (SSSR count). The molecule has 2 nitrogen and oxygen atoms in total. The van der Waals surface area contributed by atoms with E-state index in [9.17, 15) is 0 Å². The zero-order valence-corrected chi connectivity index (χ0v) is 13.8. The normalized spacial score (nSPS) is 11.4. The lowest BCUT2D eigenvalue weighted by Gasteiger charge is -2.36. The number of aromatic nitrogens is 2. The first-order valence-corrected chi connectivity index (χ1v) is 8.29. The van der Waals surface area contributed by atoms with Gasteiger partial charge in [0.15, 0.2) is 0 Å². The molecule has 2 radical (unpaired) electrons. The third-order valence-corrected chi connectivity index (χ3v) is 4.52. The minimum Gasteiger partial charge on any atom is -0.254 e. The molecule has 0 unspecified atom stereocenters. The number of benzene rings is 3. The minimum absolute atomic E-state index is 0.582. The summed E-state index contributed by atoms with van der Waals surface area (Å²) in [5.41, 5.74) is 3.47. The first-order chi connectivity index (χ1) is 12.3. The predicted molar refractivity (Wildman–Crippen MR) is 102 cm³/mol. The van der Waals surface area contributed by atoms with Crippen LogP contribution in [0.25, 0.3) is 0 Å². The fourth-order valence-electron chi connectivity index (χ4n) is 3.46. The molecule has 0 atom stereocenters. The van der Waals surface area contributed by atoms with Gasteiger partial charge in [-0.2, -0.15) is 5.10 Å². The second-order valence-corrected chi connectivity index (χ2v) is 6.03. The van der Waals surface area contributed by atoms with Gasteiger partial charge in [-0.25, -0.2) is 0 Å². The fourth-order valence-corrected chi connectivity index (χ4v) is 3.46. The van der Waals surface area contributed by atoms with E-state index >= 15 is 0 Å². The molecule has 1 aromatic heterocycles. The lowest BCUT2D eigenvalue weighted by atomic mass is 9.77. The van der Waals surface area contributed by atoms with Crippen LogP contribution in [-0.2, 0) is 5.54 Å². The van der Waals surface area contributed by atoms with E-state index in [1.807, 2.05) is 29.1 Å². The molecule has 0 aliphatic rings. The molecule has 3 aromatic carbocycles. The Labute approximate surface area is 149 Å². The van der Waals surface area contributed by atoms with E-state index in [1.54, 1.807) is 6.20 Å². The molecule has 0 saturated carbocycles. The summed E-state index contributed by atoms with van der Waals surface area (Å²) in [6.07, 6.45) is 3.59. The average molecular weight is 320 g/mol. The van der Waals surface area contributed by atoms with Gasteiger partial charge in [0.2, 0.25) is 0 Å². The van der Waals surface area contributed by atoms with Gasteiger partial charge in [-0.05, 0) is 16.7 Å². The molecule has 0 spiro atoms. The van der Waals surface area contributed by atoms with Gasteiger partial charge in [-0.3, -0.25) is 4.68 Å².